The lowest BCUT2D eigenvalue weighted by atomic mass is 10.3. The quantitative estimate of drug-likeness (QED) is 0.869. The first-order valence-corrected chi connectivity index (χ1v) is 7.28. The standard InChI is InChI=1S/C11H16N2O3S/c1-3-17(15,16)10-9(12)6-7(2)13(11(10)14)8-4-5-8/h6,8H,3-5,12H2,1-2H3. The second-order valence-electron chi connectivity index (χ2n) is 4.38. The Kier molecular flexibility index (Phi) is 2.77. The van der Waals surface area contributed by atoms with Gasteiger partial charge in [-0.3, -0.25) is 4.79 Å². The molecule has 17 heavy (non-hydrogen) atoms. The molecule has 5 nitrogen and oxygen atoms in total. The summed E-state index contributed by atoms with van der Waals surface area (Å²) in [6, 6.07) is 1.72. The lowest BCUT2D eigenvalue weighted by molar-refractivity contribution is 0.591. The van der Waals surface area contributed by atoms with E-state index in [2.05, 4.69) is 0 Å². The Balaban J connectivity index is 2.77. The molecule has 94 valence electrons. The Morgan fingerprint density at radius 3 is 2.53 bits per heavy atom. The van der Waals surface area contributed by atoms with Crippen molar-refractivity contribution in [3.8, 4) is 0 Å². The van der Waals surface area contributed by atoms with Crippen LogP contribution in [0.2, 0.25) is 0 Å². The molecule has 0 bridgehead atoms. The summed E-state index contributed by atoms with van der Waals surface area (Å²) in [4.78, 5) is 12.0. The van der Waals surface area contributed by atoms with E-state index >= 15 is 0 Å². The molecule has 0 aliphatic heterocycles. The second-order valence-corrected chi connectivity index (χ2v) is 6.60. The van der Waals surface area contributed by atoms with Gasteiger partial charge < -0.3 is 10.3 Å². The van der Waals surface area contributed by atoms with E-state index in [9.17, 15) is 13.2 Å². The van der Waals surface area contributed by atoms with Crippen molar-refractivity contribution in [2.24, 2.45) is 0 Å². The van der Waals surface area contributed by atoms with E-state index in [-0.39, 0.29) is 22.4 Å². The summed E-state index contributed by atoms with van der Waals surface area (Å²) in [5.74, 6) is -0.111. The van der Waals surface area contributed by atoms with Crippen LogP contribution in [0.5, 0.6) is 0 Å². The minimum absolute atomic E-state index is 0.0613. The van der Waals surface area contributed by atoms with E-state index < -0.39 is 15.4 Å². The third-order valence-electron chi connectivity index (χ3n) is 3.02. The maximum absolute atomic E-state index is 12.2. The number of rotatable bonds is 3. The summed E-state index contributed by atoms with van der Waals surface area (Å²) in [5, 5.41) is 0. The highest BCUT2D eigenvalue weighted by Gasteiger charge is 2.30. The summed E-state index contributed by atoms with van der Waals surface area (Å²) in [6.45, 7) is 3.29. The third kappa shape index (κ3) is 1.97. The lowest BCUT2D eigenvalue weighted by Crippen LogP contribution is -2.29. The van der Waals surface area contributed by atoms with Crippen LogP contribution in [-0.4, -0.2) is 18.7 Å². The van der Waals surface area contributed by atoms with Crippen molar-refractivity contribution in [1.29, 1.82) is 0 Å². The van der Waals surface area contributed by atoms with Gasteiger partial charge in [0.25, 0.3) is 5.56 Å². The van der Waals surface area contributed by atoms with Crippen molar-refractivity contribution < 1.29 is 8.42 Å². The van der Waals surface area contributed by atoms with Crippen LogP contribution in [0.1, 0.15) is 31.5 Å². The first kappa shape index (κ1) is 12.2. The fourth-order valence-corrected chi connectivity index (χ4v) is 3.07. The van der Waals surface area contributed by atoms with Crippen LogP contribution in [0.15, 0.2) is 15.8 Å². The van der Waals surface area contributed by atoms with Gasteiger partial charge in [-0.1, -0.05) is 6.92 Å². The maximum atomic E-state index is 12.2. The molecule has 1 heterocycles. The van der Waals surface area contributed by atoms with Crippen LogP contribution < -0.4 is 11.3 Å². The van der Waals surface area contributed by atoms with Gasteiger partial charge in [-0.15, -0.1) is 0 Å². The number of nitrogens with two attached hydrogens (primary N) is 1. The molecule has 1 fully saturated rings. The minimum atomic E-state index is -3.56. The molecule has 1 aromatic rings. The highest BCUT2D eigenvalue weighted by Crippen LogP contribution is 2.35. The number of nitrogens with zero attached hydrogens (tertiary/aromatic N) is 1. The smallest absolute Gasteiger partial charge is 0.271 e. The molecule has 2 N–H and O–H groups in total. The summed E-state index contributed by atoms with van der Waals surface area (Å²) in [6.07, 6.45) is 1.85. The lowest BCUT2D eigenvalue weighted by Gasteiger charge is -2.13. The Labute approximate surface area is 100 Å². The first-order chi connectivity index (χ1) is 7.88. The largest absolute Gasteiger partial charge is 0.397 e. The topological polar surface area (TPSA) is 82.2 Å². The van der Waals surface area contributed by atoms with E-state index in [1.807, 2.05) is 0 Å². The Hall–Kier alpha value is -1.30. The molecule has 0 saturated heterocycles. The number of pyridine rings is 1. The van der Waals surface area contributed by atoms with Gasteiger partial charge in [-0.05, 0) is 25.8 Å². The fourth-order valence-electron chi connectivity index (χ4n) is 2.00. The Bertz CT molecular complexity index is 612. The zero-order chi connectivity index (χ0) is 12.8. The van der Waals surface area contributed by atoms with E-state index in [0.717, 1.165) is 18.5 Å². The normalized spacial score (nSPS) is 16.1. The molecule has 0 radical (unpaired) electrons. The van der Waals surface area contributed by atoms with Crippen LogP contribution in [-0.2, 0) is 9.84 Å². The molecule has 1 aromatic heterocycles. The van der Waals surface area contributed by atoms with Crippen molar-refractivity contribution in [3.63, 3.8) is 0 Å². The molecule has 1 aliphatic rings. The van der Waals surface area contributed by atoms with Crippen LogP contribution >= 0.6 is 0 Å². The van der Waals surface area contributed by atoms with Gasteiger partial charge >= 0.3 is 0 Å². The zero-order valence-corrected chi connectivity index (χ0v) is 10.8. The number of nitrogen functional groups attached to an aromatic ring is 1. The van der Waals surface area contributed by atoms with Gasteiger partial charge in [0.2, 0.25) is 0 Å². The molecule has 0 unspecified atom stereocenters. The predicted molar refractivity (Wildman–Crippen MR) is 65.8 cm³/mol. The van der Waals surface area contributed by atoms with Crippen LogP contribution in [0, 0.1) is 6.92 Å². The van der Waals surface area contributed by atoms with E-state index in [1.54, 1.807) is 17.6 Å². The molecular weight excluding hydrogens is 240 g/mol. The van der Waals surface area contributed by atoms with E-state index in [1.165, 1.54) is 6.92 Å². The average Bonchev–Trinajstić information content (AvgIpc) is 3.00. The molecule has 0 spiro atoms. The number of hydrogen-bond acceptors (Lipinski definition) is 4. The Morgan fingerprint density at radius 2 is 2.06 bits per heavy atom. The third-order valence-corrected chi connectivity index (χ3v) is 4.82. The van der Waals surface area contributed by atoms with Gasteiger partial charge in [-0.25, -0.2) is 8.42 Å². The molecule has 1 saturated carbocycles. The SMILES string of the molecule is CCS(=O)(=O)c1c(N)cc(C)n(C2CC2)c1=O. The van der Waals surface area contributed by atoms with Crippen molar-refractivity contribution in [3.05, 3.63) is 22.1 Å². The van der Waals surface area contributed by atoms with Gasteiger partial charge in [0.05, 0.1) is 11.4 Å². The zero-order valence-electron chi connectivity index (χ0n) is 9.93. The summed E-state index contributed by atoms with van der Waals surface area (Å²) in [5.41, 5.74) is 6.00. The average molecular weight is 256 g/mol. The van der Waals surface area contributed by atoms with Crippen LogP contribution in [0.3, 0.4) is 0 Å². The number of hydrogen-bond donors (Lipinski definition) is 1. The first-order valence-electron chi connectivity index (χ1n) is 5.63. The van der Waals surface area contributed by atoms with E-state index in [0.29, 0.717) is 0 Å². The fraction of sp³-hybridized carbons (Fsp3) is 0.545. The summed E-state index contributed by atoms with van der Waals surface area (Å²) >= 11 is 0. The summed E-state index contributed by atoms with van der Waals surface area (Å²) < 4.78 is 25.3. The van der Waals surface area contributed by atoms with E-state index in [4.69, 9.17) is 5.73 Å². The van der Waals surface area contributed by atoms with Crippen LogP contribution in [0.4, 0.5) is 5.69 Å². The predicted octanol–water partition coefficient (Wildman–Crippen LogP) is 0.867. The molecule has 0 atom stereocenters. The number of aryl methyl sites for hydroxylation is 1. The monoisotopic (exact) mass is 256 g/mol. The molecule has 0 aromatic carbocycles. The minimum Gasteiger partial charge on any atom is -0.397 e. The summed E-state index contributed by atoms with van der Waals surface area (Å²) in [7, 11) is -3.56. The number of anilines is 1. The molecule has 2 rings (SSSR count). The van der Waals surface area contributed by atoms with Crippen molar-refractivity contribution in [2.75, 3.05) is 11.5 Å². The number of aromatic nitrogens is 1. The molecule has 6 heteroatoms. The number of sulfone groups is 1. The molecule has 1 aliphatic carbocycles. The highest BCUT2D eigenvalue weighted by atomic mass is 32.2. The van der Waals surface area contributed by atoms with Gasteiger partial charge in [0.15, 0.2) is 14.7 Å². The Morgan fingerprint density at radius 1 is 1.47 bits per heavy atom. The molecular formula is C11H16N2O3S. The van der Waals surface area contributed by atoms with Gasteiger partial charge in [0.1, 0.15) is 0 Å². The maximum Gasteiger partial charge on any atom is 0.271 e. The highest BCUT2D eigenvalue weighted by molar-refractivity contribution is 7.91. The van der Waals surface area contributed by atoms with Crippen molar-refractivity contribution in [1.82, 2.24) is 4.57 Å². The second kappa shape index (κ2) is 3.87. The van der Waals surface area contributed by atoms with Gasteiger partial charge in [-0.2, -0.15) is 0 Å². The van der Waals surface area contributed by atoms with Crippen molar-refractivity contribution in [2.45, 2.75) is 37.6 Å². The molecule has 0 amide bonds. The van der Waals surface area contributed by atoms with Crippen molar-refractivity contribution >= 4 is 15.5 Å². The van der Waals surface area contributed by atoms with Gasteiger partial charge in [0, 0.05) is 11.7 Å². The van der Waals surface area contributed by atoms with Crippen LogP contribution in [0.25, 0.3) is 0 Å².